The first kappa shape index (κ1) is 17.1. The minimum atomic E-state index is -0.368. The van der Waals surface area contributed by atoms with Crippen molar-refractivity contribution in [2.45, 2.75) is 33.6 Å². The molecule has 0 fully saturated rings. The largest absolute Gasteiger partial charge is 0.454 e. The molecule has 0 atom stereocenters. The van der Waals surface area contributed by atoms with Gasteiger partial charge in [-0.05, 0) is 49.3 Å². The van der Waals surface area contributed by atoms with Gasteiger partial charge in [0.2, 0.25) is 0 Å². The average molecular weight is 292 g/mol. The molecule has 0 unspecified atom stereocenters. The van der Waals surface area contributed by atoms with Gasteiger partial charge in [-0.25, -0.2) is 4.39 Å². The third-order valence-electron chi connectivity index (χ3n) is 3.19. The number of allylic oxidation sites excluding steroid dienone is 2. The molecule has 0 heterocycles. The Labute approximate surface area is 124 Å². The maximum Gasteiger partial charge on any atom is 0.197 e. The Balaban J connectivity index is 3.11. The van der Waals surface area contributed by atoms with Gasteiger partial charge in [0.1, 0.15) is 11.6 Å². The van der Waals surface area contributed by atoms with Crippen LogP contribution < -0.4 is 4.74 Å². The lowest BCUT2D eigenvalue weighted by Gasteiger charge is -2.11. The van der Waals surface area contributed by atoms with Gasteiger partial charge in [-0.1, -0.05) is 19.4 Å². The van der Waals surface area contributed by atoms with E-state index in [4.69, 9.17) is 4.74 Å². The van der Waals surface area contributed by atoms with E-state index in [1.54, 1.807) is 13.0 Å². The lowest BCUT2D eigenvalue weighted by Crippen LogP contribution is -2.09. The van der Waals surface area contributed by atoms with Gasteiger partial charge in [0, 0.05) is 6.42 Å². The van der Waals surface area contributed by atoms with Crippen molar-refractivity contribution in [3.05, 3.63) is 53.1 Å². The second-order valence-electron chi connectivity index (χ2n) is 4.66. The number of carbonyl (C=O) groups is 1. The summed E-state index contributed by atoms with van der Waals surface area (Å²) in [6.07, 6.45) is 2.63. The number of hydrogen-bond donors (Lipinski definition) is 1. The van der Waals surface area contributed by atoms with Gasteiger partial charge in [-0.3, -0.25) is 4.79 Å². The minimum Gasteiger partial charge on any atom is -0.454 e. The molecular formula is C17H21FO3. The Morgan fingerprint density at radius 1 is 1.24 bits per heavy atom. The van der Waals surface area contributed by atoms with E-state index in [0.29, 0.717) is 11.3 Å². The first-order valence-electron chi connectivity index (χ1n) is 6.99. The van der Waals surface area contributed by atoms with Gasteiger partial charge in [0.25, 0.3) is 0 Å². The highest BCUT2D eigenvalue weighted by Gasteiger charge is 2.12. The molecule has 0 spiro atoms. The molecule has 1 aromatic carbocycles. The summed E-state index contributed by atoms with van der Waals surface area (Å²) in [5.41, 5.74) is 1.65. The number of hydrogen-bond acceptors (Lipinski definition) is 3. The van der Waals surface area contributed by atoms with Crippen molar-refractivity contribution in [3.8, 4) is 5.75 Å². The number of carbonyl (C=O) groups excluding carboxylic acids is 1. The van der Waals surface area contributed by atoms with Crippen molar-refractivity contribution in [1.29, 1.82) is 0 Å². The highest BCUT2D eigenvalue weighted by Crippen LogP contribution is 2.18. The van der Waals surface area contributed by atoms with Crippen molar-refractivity contribution in [2.24, 2.45) is 0 Å². The van der Waals surface area contributed by atoms with Crippen LogP contribution in [0.2, 0.25) is 0 Å². The molecule has 0 bridgehead atoms. The third-order valence-corrected chi connectivity index (χ3v) is 3.19. The number of ether oxygens (including phenoxy) is 1. The summed E-state index contributed by atoms with van der Waals surface area (Å²) in [6, 6.07) is 5.45. The summed E-state index contributed by atoms with van der Waals surface area (Å²) in [4.78, 5) is 12.0. The summed E-state index contributed by atoms with van der Waals surface area (Å²) in [5, 5.41) is 9.41. The lowest BCUT2D eigenvalue weighted by atomic mass is 10.1. The molecule has 0 radical (unpaired) electrons. The number of Topliss-reactive ketones (excluding diaryl/α,β-unsaturated/α-hetero) is 1. The predicted octanol–water partition coefficient (Wildman–Crippen LogP) is 3.79. The van der Waals surface area contributed by atoms with Crippen LogP contribution in [0.15, 0.2) is 47.2 Å². The summed E-state index contributed by atoms with van der Waals surface area (Å²) in [7, 11) is 0. The quantitative estimate of drug-likeness (QED) is 0.472. The number of benzene rings is 1. The Bertz CT molecular complexity index is 542. The molecule has 114 valence electrons. The molecular weight excluding hydrogens is 271 g/mol. The van der Waals surface area contributed by atoms with Crippen molar-refractivity contribution >= 4 is 5.78 Å². The summed E-state index contributed by atoms with van der Waals surface area (Å²) < 4.78 is 18.4. The monoisotopic (exact) mass is 292 g/mol. The highest BCUT2D eigenvalue weighted by atomic mass is 19.1. The maximum atomic E-state index is 12.9. The zero-order valence-corrected chi connectivity index (χ0v) is 12.6. The number of halogens is 1. The van der Waals surface area contributed by atoms with Crippen molar-refractivity contribution in [3.63, 3.8) is 0 Å². The molecule has 4 heteroatoms. The van der Waals surface area contributed by atoms with Crippen LogP contribution in [-0.4, -0.2) is 17.5 Å². The van der Waals surface area contributed by atoms with E-state index in [0.717, 1.165) is 12.0 Å². The number of aliphatic hydroxyl groups excluding tert-OH is 1. The molecule has 0 aromatic heterocycles. The van der Waals surface area contributed by atoms with Crippen molar-refractivity contribution < 1.29 is 19.0 Å². The van der Waals surface area contributed by atoms with E-state index >= 15 is 0 Å². The van der Waals surface area contributed by atoms with Crippen LogP contribution in [0.25, 0.3) is 0 Å². The summed E-state index contributed by atoms with van der Waals surface area (Å²) in [6.45, 7) is 5.45. The fourth-order valence-electron chi connectivity index (χ4n) is 1.66. The van der Waals surface area contributed by atoms with Crippen LogP contribution in [0.1, 0.15) is 33.6 Å². The van der Waals surface area contributed by atoms with E-state index < -0.39 is 0 Å². The lowest BCUT2D eigenvalue weighted by molar-refractivity contribution is -0.117. The van der Waals surface area contributed by atoms with E-state index in [2.05, 4.69) is 0 Å². The van der Waals surface area contributed by atoms with Gasteiger partial charge in [0.05, 0.1) is 6.61 Å². The van der Waals surface area contributed by atoms with Crippen LogP contribution in [-0.2, 0) is 4.79 Å². The summed E-state index contributed by atoms with van der Waals surface area (Å²) >= 11 is 0. The average Bonchev–Trinajstić information content (AvgIpc) is 2.51. The summed E-state index contributed by atoms with van der Waals surface area (Å²) in [5.74, 6) is -0.00139. The predicted molar refractivity (Wildman–Crippen MR) is 80.5 cm³/mol. The number of aliphatic hydroxyl groups is 1. The topological polar surface area (TPSA) is 46.5 Å². The van der Waals surface area contributed by atoms with Crippen molar-refractivity contribution in [1.82, 2.24) is 0 Å². The number of ketones is 1. The maximum absolute atomic E-state index is 12.9. The van der Waals surface area contributed by atoms with Crippen LogP contribution in [0.5, 0.6) is 5.75 Å². The third kappa shape index (κ3) is 5.16. The zero-order chi connectivity index (χ0) is 15.8. The molecule has 3 nitrogen and oxygen atoms in total. The Kier molecular flexibility index (Phi) is 6.82. The normalized spacial score (nSPS) is 12.9. The molecule has 0 saturated heterocycles. The van der Waals surface area contributed by atoms with Gasteiger partial charge >= 0.3 is 0 Å². The van der Waals surface area contributed by atoms with Crippen molar-refractivity contribution in [2.75, 3.05) is 6.61 Å². The second-order valence-corrected chi connectivity index (χ2v) is 4.66. The van der Waals surface area contributed by atoms with Gasteiger partial charge in [-0.15, -0.1) is 0 Å². The van der Waals surface area contributed by atoms with Gasteiger partial charge < -0.3 is 9.84 Å². The van der Waals surface area contributed by atoms with Crippen LogP contribution >= 0.6 is 0 Å². The highest BCUT2D eigenvalue weighted by molar-refractivity contribution is 5.94. The molecule has 1 aromatic rings. The fourth-order valence-corrected chi connectivity index (χ4v) is 1.66. The van der Waals surface area contributed by atoms with Crippen LogP contribution in [0, 0.1) is 5.82 Å². The standard InChI is InChI=1S/C17H21FO3/c1-4-12(3)13(11-19)10-17(16(20)5-2)21-15-8-6-14(18)7-9-15/h6-10,19H,4-5,11H2,1-3H3/b13-12?,17-10+. The van der Waals surface area contributed by atoms with Crippen LogP contribution in [0.3, 0.4) is 0 Å². The van der Waals surface area contributed by atoms with Gasteiger partial charge in [-0.2, -0.15) is 0 Å². The Morgan fingerprint density at radius 2 is 1.86 bits per heavy atom. The molecule has 1 rings (SSSR count). The Morgan fingerprint density at radius 3 is 2.33 bits per heavy atom. The Hall–Kier alpha value is -1.94. The SMILES string of the molecule is CCC(=O)/C(=C\C(CO)=C(C)CC)Oc1ccc(F)cc1. The second kappa shape index (κ2) is 8.37. The molecule has 1 N–H and O–H groups in total. The zero-order valence-electron chi connectivity index (χ0n) is 12.6. The fraction of sp³-hybridized carbons (Fsp3) is 0.353. The minimum absolute atomic E-state index is 0.154. The van der Waals surface area contributed by atoms with E-state index in [1.807, 2.05) is 13.8 Å². The number of rotatable bonds is 7. The van der Waals surface area contributed by atoms with E-state index in [1.165, 1.54) is 24.3 Å². The molecule has 21 heavy (non-hydrogen) atoms. The molecule has 0 saturated carbocycles. The van der Waals surface area contributed by atoms with E-state index in [-0.39, 0.29) is 30.4 Å². The van der Waals surface area contributed by atoms with Gasteiger partial charge in [0.15, 0.2) is 11.5 Å². The molecule has 0 aliphatic rings. The molecule has 0 amide bonds. The first-order chi connectivity index (χ1) is 10.0. The molecule has 0 aliphatic heterocycles. The van der Waals surface area contributed by atoms with E-state index in [9.17, 15) is 14.3 Å². The van der Waals surface area contributed by atoms with Crippen LogP contribution in [0.4, 0.5) is 4.39 Å². The molecule has 0 aliphatic carbocycles. The first-order valence-corrected chi connectivity index (χ1v) is 6.99. The smallest absolute Gasteiger partial charge is 0.197 e.